The molecule has 0 saturated carbocycles. The number of nitrogens with zero attached hydrogens (tertiary/aromatic N) is 1. The third-order valence-corrected chi connectivity index (χ3v) is 1.32. The standard InChI is InChI=1S/C8H10FN/c1-10(2)8-5-3-4-7(9)6-8/h3-6H,1-2H3. The highest BCUT2D eigenvalue weighted by atomic mass is 19.1. The lowest BCUT2D eigenvalue weighted by Crippen LogP contribution is -2.08. The zero-order chi connectivity index (χ0) is 7.56. The molecular formula is C8H10FN. The van der Waals surface area contributed by atoms with E-state index in [4.69, 9.17) is 0 Å². The minimum absolute atomic E-state index is 0.189. The highest BCUT2D eigenvalue weighted by Gasteiger charge is 1.94. The molecule has 0 heterocycles. The van der Waals surface area contributed by atoms with E-state index in [0.717, 1.165) is 5.69 Å². The molecule has 0 aliphatic heterocycles. The minimum atomic E-state index is -0.189. The maximum Gasteiger partial charge on any atom is 0.125 e. The fourth-order valence-corrected chi connectivity index (χ4v) is 0.754. The predicted octanol–water partition coefficient (Wildman–Crippen LogP) is 1.89. The quantitative estimate of drug-likeness (QED) is 0.574. The Kier molecular flexibility index (Phi) is 1.90. The fraction of sp³-hybridized carbons (Fsp3) is 0.250. The van der Waals surface area contributed by atoms with Crippen molar-refractivity contribution in [3.63, 3.8) is 0 Å². The van der Waals surface area contributed by atoms with Crippen LogP contribution in [0.25, 0.3) is 0 Å². The molecule has 0 aliphatic carbocycles. The molecule has 0 spiro atoms. The van der Waals surface area contributed by atoms with Crippen LogP contribution >= 0.6 is 0 Å². The van der Waals surface area contributed by atoms with Crippen LogP contribution in [0.3, 0.4) is 0 Å². The molecule has 0 radical (unpaired) electrons. The summed E-state index contributed by atoms with van der Waals surface area (Å²) in [7, 11) is 3.77. The Balaban J connectivity index is 2.96. The fourth-order valence-electron chi connectivity index (χ4n) is 0.754. The monoisotopic (exact) mass is 139 g/mol. The number of halogens is 1. The Morgan fingerprint density at radius 1 is 1.30 bits per heavy atom. The smallest absolute Gasteiger partial charge is 0.125 e. The third kappa shape index (κ3) is 1.47. The Bertz CT molecular complexity index is 220. The maximum atomic E-state index is 12.5. The van der Waals surface area contributed by atoms with Crippen LogP contribution in [0.15, 0.2) is 24.3 Å². The summed E-state index contributed by atoms with van der Waals surface area (Å²) in [5.41, 5.74) is 0.889. The summed E-state index contributed by atoms with van der Waals surface area (Å²) in [6.07, 6.45) is 0. The first-order chi connectivity index (χ1) is 4.70. The summed E-state index contributed by atoms with van der Waals surface area (Å²) < 4.78 is 12.5. The van der Waals surface area contributed by atoms with Crippen LogP contribution in [-0.4, -0.2) is 14.1 Å². The van der Waals surface area contributed by atoms with Crippen molar-refractivity contribution < 1.29 is 4.39 Å². The molecule has 0 atom stereocenters. The summed E-state index contributed by atoms with van der Waals surface area (Å²) in [5.74, 6) is -0.189. The van der Waals surface area contributed by atoms with Gasteiger partial charge in [0.05, 0.1) is 0 Å². The average Bonchev–Trinajstić information content (AvgIpc) is 1.88. The molecule has 0 amide bonds. The van der Waals surface area contributed by atoms with Crippen LogP contribution < -0.4 is 4.90 Å². The molecule has 10 heavy (non-hydrogen) atoms. The van der Waals surface area contributed by atoms with E-state index in [-0.39, 0.29) is 5.82 Å². The highest BCUT2D eigenvalue weighted by molar-refractivity contribution is 5.44. The van der Waals surface area contributed by atoms with Crippen LogP contribution in [0, 0.1) is 5.82 Å². The van der Waals surface area contributed by atoms with Gasteiger partial charge in [-0.15, -0.1) is 0 Å². The van der Waals surface area contributed by atoms with Crippen molar-refractivity contribution in [1.82, 2.24) is 0 Å². The molecule has 0 unspecified atom stereocenters. The molecule has 0 bridgehead atoms. The van der Waals surface area contributed by atoms with Gasteiger partial charge in [-0.2, -0.15) is 0 Å². The van der Waals surface area contributed by atoms with Gasteiger partial charge in [-0.05, 0) is 18.2 Å². The zero-order valence-electron chi connectivity index (χ0n) is 6.13. The molecular weight excluding hydrogens is 129 g/mol. The van der Waals surface area contributed by atoms with Crippen molar-refractivity contribution in [1.29, 1.82) is 0 Å². The van der Waals surface area contributed by atoms with Crippen molar-refractivity contribution in [2.24, 2.45) is 0 Å². The molecule has 54 valence electrons. The van der Waals surface area contributed by atoms with Crippen LogP contribution in [0.4, 0.5) is 10.1 Å². The van der Waals surface area contributed by atoms with Crippen LogP contribution in [0.5, 0.6) is 0 Å². The highest BCUT2D eigenvalue weighted by Crippen LogP contribution is 2.11. The van der Waals surface area contributed by atoms with E-state index in [1.165, 1.54) is 12.1 Å². The molecule has 1 aromatic rings. The van der Waals surface area contributed by atoms with Gasteiger partial charge in [0.2, 0.25) is 0 Å². The zero-order valence-corrected chi connectivity index (χ0v) is 6.13. The van der Waals surface area contributed by atoms with Crippen molar-refractivity contribution in [3.8, 4) is 0 Å². The third-order valence-electron chi connectivity index (χ3n) is 1.32. The van der Waals surface area contributed by atoms with Gasteiger partial charge in [-0.25, -0.2) is 4.39 Å². The van der Waals surface area contributed by atoms with Gasteiger partial charge in [-0.3, -0.25) is 0 Å². The minimum Gasteiger partial charge on any atom is -0.378 e. The van der Waals surface area contributed by atoms with Gasteiger partial charge in [0.25, 0.3) is 0 Å². The van der Waals surface area contributed by atoms with E-state index in [0.29, 0.717) is 0 Å². The van der Waals surface area contributed by atoms with Crippen LogP contribution in [-0.2, 0) is 0 Å². The maximum absolute atomic E-state index is 12.5. The van der Waals surface area contributed by atoms with Gasteiger partial charge in [0.15, 0.2) is 0 Å². The number of anilines is 1. The average molecular weight is 139 g/mol. The van der Waals surface area contributed by atoms with Crippen molar-refractivity contribution in [2.45, 2.75) is 0 Å². The second kappa shape index (κ2) is 2.69. The molecule has 1 rings (SSSR count). The van der Waals surface area contributed by atoms with Crippen molar-refractivity contribution in [3.05, 3.63) is 30.1 Å². The van der Waals surface area contributed by atoms with E-state index < -0.39 is 0 Å². The van der Waals surface area contributed by atoms with E-state index in [9.17, 15) is 4.39 Å². The van der Waals surface area contributed by atoms with Gasteiger partial charge in [0, 0.05) is 19.8 Å². The summed E-state index contributed by atoms with van der Waals surface area (Å²) in [5, 5.41) is 0. The molecule has 0 aromatic heterocycles. The molecule has 1 nitrogen and oxygen atoms in total. The Hall–Kier alpha value is -1.05. The molecule has 0 saturated heterocycles. The Labute approximate surface area is 60.1 Å². The molecule has 0 fully saturated rings. The second-order valence-corrected chi connectivity index (χ2v) is 2.37. The van der Waals surface area contributed by atoms with E-state index in [1.54, 1.807) is 6.07 Å². The number of hydrogen-bond donors (Lipinski definition) is 0. The van der Waals surface area contributed by atoms with Gasteiger partial charge in [-0.1, -0.05) is 6.07 Å². The Morgan fingerprint density at radius 2 is 2.00 bits per heavy atom. The summed E-state index contributed by atoms with van der Waals surface area (Å²) in [6, 6.07) is 6.50. The topological polar surface area (TPSA) is 3.24 Å². The van der Waals surface area contributed by atoms with Gasteiger partial charge >= 0.3 is 0 Å². The first kappa shape index (κ1) is 7.06. The number of rotatable bonds is 1. The van der Waals surface area contributed by atoms with E-state index in [1.807, 2.05) is 25.1 Å². The Morgan fingerprint density at radius 3 is 2.40 bits per heavy atom. The first-order valence-electron chi connectivity index (χ1n) is 3.13. The number of hydrogen-bond acceptors (Lipinski definition) is 1. The lowest BCUT2D eigenvalue weighted by Gasteiger charge is -2.11. The van der Waals surface area contributed by atoms with Crippen molar-refractivity contribution >= 4 is 5.69 Å². The van der Waals surface area contributed by atoms with Gasteiger partial charge < -0.3 is 4.90 Å². The number of benzene rings is 1. The summed E-state index contributed by atoms with van der Waals surface area (Å²) in [6.45, 7) is 0. The largest absolute Gasteiger partial charge is 0.378 e. The second-order valence-electron chi connectivity index (χ2n) is 2.37. The molecule has 2 heteroatoms. The molecule has 1 aromatic carbocycles. The normalized spacial score (nSPS) is 9.50. The summed E-state index contributed by atoms with van der Waals surface area (Å²) in [4.78, 5) is 1.86. The lowest BCUT2D eigenvalue weighted by atomic mass is 10.3. The van der Waals surface area contributed by atoms with E-state index >= 15 is 0 Å². The van der Waals surface area contributed by atoms with Crippen LogP contribution in [0.1, 0.15) is 0 Å². The molecule has 0 aliphatic rings. The first-order valence-corrected chi connectivity index (χ1v) is 3.13. The van der Waals surface area contributed by atoms with Crippen molar-refractivity contribution in [2.75, 3.05) is 19.0 Å². The lowest BCUT2D eigenvalue weighted by molar-refractivity contribution is 0.627. The predicted molar refractivity (Wildman–Crippen MR) is 40.7 cm³/mol. The summed E-state index contributed by atoms with van der Waals surface area (Å²) >= 11 is 0. The molecule has 0 N–H and O–H groups in total. The SMILES string of the molecule is CN(C)c1cccc(F)c1. The van der Waals surface area contributed by atoms with Crippen LogP contribution in [0.2, 0.25) is 0 Å². The van der Waals surface area contributed by atoms with Gasteiger partial charge in [0.1, 0.15) is 5.82 Å². The van der Waals surface area contributed by atoms with E-state index in [2.05, 4.69) is 0 Å².